The molecule has 0 saturated carbocycles. The summed E-state index contributed by atoms with van der Waals surface area (Å²) in [6.45, 7) is 6.55. The Bertz CT molecular complexity index is 927. The molecule has 0 spiro atoms. The molecule has 0 aromatic rings. The molecule has 0 saturated heterocycles. The average molecular weight is 803 g/mol. The van der Waals surface area contributed by atoms with E-state index in [1.54, 1.807) is 0 Å². The normalized spacial score (nSPS) is 12.1. The second kappa shape index (κ2) is 46.6. The van der Waals surface area contributed by atoms with Crippen molar-refractivity contribution in [1.82, 2.24) is 0 Å². The maximum absolute atomic E-state index is 12.7. The van der Waals surface area contributed by atoms with Crippen LogP contribution >= 0.6 is 0 Å². The Morgan fingerprint density at radius 2 is 0.579 bits per heavy atom. The lowest BCUT2D eigenvalue weighted by Crippen LogP contribution is -2.30. The molecule has 1 atom stereocenters. The third-order valence-electron chi connectivity index (χ3n) is 10.9. The fourth-order valence-corrected chi connectivity index (χ4v) is 7.14. The molecule has 6 nitrogen and oxygen atoms in total. The lowest BCUT2D eigenvalue weighted by Gasteiger charge is -2.18. The molecule has 0 bridgehead atoms. The van der Waals surface area contributed by atoms with Gasteiger partial charge in [0.05, 0.1) is 0 Å². The standard InChI is InChI=1S/C51H94O6/c1-4-7-10-13-15-17-19-21-23-24-25-26-28-29-31-33-35-38-41-44-50(53)56-47-48(46-55-49(52)43-40-37-12-9-6-3)57-51(54)45-42-39-36-34-32-30-27-22-20-18-16-14-11-8-5-2/h21-23,27,48H,4-20,24-26,28-47H2,1-3H3/b23-21-,27-22-. The zero-order valence-electron chi connectivity index (χ0n) is 38.1. The summed E-state index contributed by atoms with van der Waals surface area (Å²) in [7, 11) is 0. The van der Waals surface area contributed by atoms with Gasteiger partial charge in [-0.15, -0.1) is 0 Å². The van der Waals surface area contributed by atoms with Crippen LogP contribution in [0, 0.1) is 0 Å². The van der Waals surface area contributed by atoms with E-state index < -0.39 is 6.10 Å². The molecule has 0 aromatic heterocycles. The number of hydrogen-bond donors (Lipinski definition) is 0. The fraction of sp³-hybridized carbons (Fsp3) is 0.863. The predicted octanol–water partition coefficient (Wildman–Crippen LogP) is 16.0. The highest BCUT2D eigenvalue weighted by Crippen LogP contribution is 2.15. The summed E-state index contributed by atoms with van der Waals surface area (Å²) in [5.74, 6) is -0.890. The minimum atomic E-state index is -0.769. The minimum Gasteiger partial charge on any atom is -0.462 e. The molecule has 0 aliphatic carbocycles. The topological polar surface area (TPSA) is 78.9 Å². The molecule has 0 aromatic carbocycles. The molecule has 0 amide bonds. The summed E-state index contributed by atoms with van der Waals surface area (Å²) in [4.78, 5) is 37.6. The van der Waals surface area contributed by atoms with Gasteiger partial charge in [0, 0.05) is 19.3 Å². The van der Waals surface area contributed by atoms with Gasteiger partial charge in [-0.3, -0.25) is 14.4 Å². The van der Waals surface area contributed by atoms with Crippen molar-refractivity contribution < 1.29 is 28.6 Å². The molecule has 0 fully saturated rings. The van der Waals surface area contributed by atoms with Crippen molar-refractivity contribution in [3.63, 3.8) is 0 Å². The Morgan fingerprint density at radius 1 is 0.333 bits per heavy atom. The molecule has 6 heteroatoms. The van der Waals surface area contributed by atoms with Crippen LogP contribution in [0.25, 0.3) is 0 Å². The van der Waals surface area contributed by atoms with Crippen molar-refractivity contribution >= 4 is 17.9 Å². The molecule has 0 aliphatic heterocycles. The number of hydrogen-bond acceptors (Lipinski definition) is 6. The summed E-state index contributed by atoms with van der Waals surface area (Å²) < 4.78 is 16.6. The monoisotopic (exact) mass is 803 g/mol. The van der Waals surface area contributed by atoms with Crippen LogP contribution in [0.15, 0.2) is 24.3 Å². The Hall–Kier alpha value is -2.11. The largest absolute Gasteiger partial charge is 0.462 e. The van der Waals surface area contributed by atoms with E-state index in [4.69, 9.17) is 14.2 Å². The SMILES string of the molecule is CCCCCCCC/C=C\CCCCCCCCCCCC(=O)OCC(COC(=O)CCCCCCC)OC(=O)CCCCCCC/C=C\CCCCCCCC. The molecule has 334 valence electrons. The van der Waals surface area contributed by atoms with E-state index in [2.05, 4.69) is 45.1 Å². The van der Waals surface area contributed by atoms with E-state index >= 15 is 0 Å². The Morgan fingerprint density at radius 3 is 0.877 bits per heavy atom. The van der Waals surface area contributed by atoms with Crippen molar-refractivity contribution in [1.29, 1.82) is 0 Å². The van der Waals surface area contributed by atoms with Crippen LogP contribution < -0.4 is 0 Å². The van der Waals surface area contributed by atoms with Gasteiger partial charge in [0.2, 0.25) is 0 Å². The molecular formula is C51H94O6. The summed E-state index contributed by atoms with van der Waals surface area (Å²) in [5, 5.41) is 0. The van der Waals surface area contributed by atoms with Crippen LogP contribution in [0.4, 0.5) is 0 Å². The van der Waals surface area contributed by atoms with Crippen LogP contribution in [0.3, 0.4) is 0 Å². The van der Waals surface area contributed by atoms with Gasteiger partial charge in [-0.1, -0.05) is 199 Å². The summed E-state index contributed by atoms with van der Waals surface area (Å²) >= 11 is 0. The van der Waals surface area contributed by atoms with E-state index in [1.165, 1.54) is 154 Å². The predicted molar refractivity (Wildman–Crippen MR) is 243 cm³/mol. The third-order valence-corrected chi connectivity index (χ3v) is 10.9. The first-order valence-electron chi connectivity index (χ1n) is 24.8. The van der Waals surface area contributed by atoms with Crippen molar-refractivity contribution in [3.8, 4) is 0 Å². The van der Waals surface area contributed by atoms with E-state index in [0.29, 0.717) is 19.3 Å². The lowest BCUT2D eigenvalue weighted by molar-refractivity contribution is -0.167. The van der Waals surface area contributed by atoms with Crippen molar-refractivity contribution in [2.45, 2.75) is 271 Å². The van der Waals surface area contributed by atoms with Crippen molar-refractivity contribution in [2.24, 2.45) is 0 Å². The Balaban J connectivity index is 4.15. The minimum absolute atomic E-state index is 0.0738. The first kappa shape index (κ1) is 54.9. The van der Waals surface area contributed by atoms with E-state index in [1.807, 2.05) is 0 Å². The first-order chi connectivity index (χ1) is 28.0. The summed E-state index contributed by atoms with van der Waals surface area (Å²) in [6, 6.07) is 0. The number of carbonyl (C=O) groups is 3. The second-order valence-corrected chi connectivity index (χ2v) is 16.7. The van der Waals surface area contributed by atoms with Crippen LogP contribution in [0.5, 0.6) is 0 Å². The van der Waals surface area contributed by atoms with Gasteiger partial charge >= 0.3 is 17.9 Å². The molecular weight excluding hydrogens is 709 g/mol. The van der Waals surface area contributed by atoms with E-state index in [-0.39, 0.29) is 31.1 Å². The lowest BCUT2D eigenvalue weighted by atomic mass is 10.1. The molecule has 0 aliphatic rings. The highest BCUT2D eigenvalue weighted by atomic mass is 16.6. The van der Waals surface area contributed by atoms with Crippen LogP contribution in [0.1, 0.15) is 265 Å². The number of unbranched alkanes of at least 4 members (excludes halogenated alkanes) is 30. The number of allylic oxidation sites excluding steroid dienone is 4. The van der Waals surface area contributed by atoms with Gasteiger partial charge in [0.15, 0.2) is 6.10 Å². The van der Waals surface area contributed by atoms with Gasteiger partial charge in [-0.05, 0) is 70.6 Å². The number of rotatable bonds is 45. The Labute approximate surface area is 353 Å². The maximum atomic E-state index is 12.7. The average Bonchev–Trinajstić information content (AvgIpc) is 3.21. The smallest absolute Gasteiger partial charge is 0.306 e. The van der Waals surface area contributed by atoms with E-state index in [9.17, 15) is 14.4 Å². The number of carbonyl (C=O) groups excluding carboxylic acids is 3. The quantitative estimate of drug-likeness (QED) is 0.0264. The van der Waals surface area contributed by atoms with Gasteiger partial charge < -0.3 is 14.2 Å². The summed E-state index contributed by atoms with van der Waals surface area (Å²) in [6.07, 6.45) is 51.9. The van der Waals surface area contributed by atoms with Crippen LogP contribution in [-0.2, 0) is 28.6 Å². The molecule has 57 heavy (non-hydrogen) atoms. The fourth-order valence-electron chi connectivity index (χ4n) is 7.14. The van der Waals surface area contributed by atoms with Gasteiger partial charge in [0.25, 0.3) is 0 Å². The first-order valence-corrected chi connectivity index (χ1v) is 24.8. The van der Waals surface area contributed by atoms with Gasteiger partial charge in [-0.2, -0.15) is 0 Å². The molecule has 0 N–H and O–H groups in total. The Kier molecular flexibility index (Phi) is 44.9. The molecule has 0 radical (unpaired) electrons. The molecule has 1 unspecified atom stereocenters. The zero-order chi connectivity index (χ0) is 41.5. The molecule has 0 heterocycles. The highest BCUT2D eigenvalue weighted by molar-refractivity contribution is 5.71. The van der Waals surface area contributed by atoms with Crippen LogP contribution in [-0.4, -0.2) is 37.2 Å². The van der Waals surface area contributed by atoms with Crippen molar-refractivity contribution in [2.75, 3.05) is 13.2 Å². The third kappa shape index (κ3) is 44.8. The summed E-state index contributed by atoms with van der Waals surface area (Å²) in [5.41, 5.74) is 0. The highest BCUT2D eigenvalue weighted by Gasteiger charge is 2.19. The molecule has 0 rings (SSSR count). The zero-order valence-corrected chi connectivity index (χ0v) is 38.1. The number of ether oxygens (including phenoxy) is 3. The number of esters is 3. The van der Waals surface area contributed by atoms with Gasteiger partial charge in [-0.25, -0.2) is 0 Å². The second-order valence-electron chi connectivity index (χ2n) is 16.7. The van der Waals surface area contributed by atoms with E-state index in [0.717, 1.165) is 70.6 Å². The maximum Gasteiger partial charge on any atom is 0.306 e. The van der Waals surface area contributed by atoms with Crippen LogP contribution in [0.2, 0.25) is 0 Å². The van der Waals surface area contributed by atoms with Gasteiger partial charge in [0.1, 0.15) is 13.2 Å². The van der Waals surface area contributed by atoms with Crippen molar-refractivity contribution in [3.05, 3.63) is 24.3 Å².